The van der Waals surface area contributed by atoms with Crippen LogP contribution < -0.4 is 4.90 Å². The van der Waals surface area contributed by atoms with Crippen molar-refractivity contribution in [2.75, 3.05) is 11.5 Å². The number of para-hydroxylation sites is 1. The zero-order chi connectivity index (χ0) is 13.9. The lowest BCUT2D eigenvalue weighted by Gasteiger charge is -2.32. The molecule has 1 aliphatic heterocycles. The van der Waals surface area contributed by atoms with E-state index in [1.165, 1.54) is 0 Å². The van der Waals surface area contributed by atoms with Crippen molar-refractivity contribution >= 4 is 29.2 Å². The third-order valence-corrected chi connectivity index (χ3v) is 4.17. The third kappa shape index (κ3) is 2.23. The summed E-state index contributed by atoms with van der Waals surface area (Å²) in [5.74, 6) is 0. The largest absolute Gasteiger partial charge is 0.449 e. The number of hydrogen-bond donors (Lipinski definition) is 0. The summed E-state index contributed by atoms with van der Waals surface area (Å²) in [7, 11) is 0. The van der Waals surface area contributed by atoms with Gasteiger partial charge in [-0.25, -0.2) is 4.79 Å². The molecule has 0 saturated carbocycles. The van der Waals surface area contributed by atoms with Crippen LogP contribution in [0.2, 0.25) is 0 Å². The van der Waals surface area contributed by atoms with E-state index >= 15 is 0 Å². The molecule has 20 heavy (non-hydrogen) atoms. The van der Waals surface area contributed by atoms with Gasteiger partial charge in [-0.15, -0.1) is 11.3 Å². The van der Waals surface area contributed by atoms with Crippen LogP contribution in [0.4, 0.5) is 10.5 Å². The van der Waals surface area contributed by atoms with Crippen LogP contribution in [0.3, 0.4) is 0 Å². The Bertz CT molecular complexity index is 634. The molecular formula is C16H15NO2S. The summed E-state index contributed by atoms with van der Waals surface area (Å²) in [6.07, 6.45) is 3.81. The highest BCUT2D eigenvalue weighted by Crippen LogP contribution is 2.38. The molecule has 3 rings (SSSR count). The fraction of sp³-hybridized carbons (Fsp3) is 0.188. The molecule has 1 aromatic heterocycles. The third-order valence-electron chi connectivity index (χ3n) is 3.23. The maximum atomic E-state index is 12.3. The predicted octanol–water partition coefficient (Wildman–Crippen LogP) is 4.48. The minimum atomic E-state index is -0.303. The van der Waals surface area contributed by atoms with Gasteiger partial charge < -0.3 is 4.74 Å². The number of carbonyl (C=O) groups excluding carboxylic acids is 1. The van der Waals surface area contributed by atoms with Crippen LogP contribution in [-0.2, 0) is 4.74 Å². The van der Waals surface area contributed by atoms with E-state index in [4.69, 9.17) is 4.74 Å². The number of nitrogens with zero attached hydrogens (tertiary/aromatic N) is 1. The number of fused-ring (bicyclic) bond motifs is 1. The number of hydrogen-bond acceptors (Lipinski definition) is 3. The van der Waals surface area contributed by atoms with Gasteiger partial charge in [0.05, 0.1) is 18.3 Å². The minimum absolute atomic E-state index is 0.0936. The number of amides is 1. The number of benzene rings is 1. The molecule has 0 fully saturated rings. The van der Waals surface area contributed by atoms with Crippen LogP contribution in [0, 0.1) is 0 Å². The van der Waals surface area contributed by atoms with Gasteiger partial charge in [0, 0.05) is 4.88 Å². The van der Waals surface area contributed by atoms with Crippen LogP contribution in [0.25, 0.3) is 6.08 Å². The van der Waals surface area contributed by atoms with Gasteiger partial charge in [-0.3, -0.25) is 4.90 Å². The maximum Gasteiger partial charge on any atom is 0.415 e. The second-order valence-electron chi connectivity index (χ2n) is 4.45. The van der Waals surface area contributed by atoms with Crippen molar-refractivity contribution < 1.29 is 9.53 Å². The molecule has 3 nitrogen and oxygen atoms in total. The number of carbonyl (C=O) groups is 1. The van der Waals surface area contributed by atoms with Crippen molar-refractivity contribution in [2.45, 2.75) is 13.0 Å². The van der Waals surface area contributed by atoms with Crippen LogP contribution in [0.1, 0.15) is 23.4 Å². The van der Waals surface area contributed by atoms with Crippen molar-refractivity contribution in [3.63, 3.8) is 0 Å². The Kier molecular flexibility index (Phi) is 3.56. The first-order chi connectivity index (χ1) is 9.81. The summed E-state index contributed by atoms with van der Waals surface area (Å²) in [6, 6.07) is 11.8. The molecule has 0 N–H and O–H groups in total. The summed E-state index contributed by atoms with van der Waals surface area (Å²) < 4.78 is 5.22. The molecule has 102 valence electrons. The summed E-state index contributed by atoms with van der Waals surface area (Å²) in [5, 5.41) is 2.02. The first-order valence-electron chi connectivity index (χ1n) is 6.58. The Morgan fingerprint density at radius 1 is 1.30 bits per heavy atom. The van der Waals surface area contributed by atoms with Crippen molar-refractivity contribution in [1.29, 1.82) is 0 Å². The predicted molar refractivity (Wildman–Crippen MR) is 82.0 cm³/mol. The Labute approximate surface area is 122 Å². The second kappa shape index (κ2) is 5.51. The van der Waals surface area contributed by atoms with Gasteiger partial charge in [-0.2, -0.15) is 0 Å². The average molecular weight is 285 g/mol. The summed E-state index contributed by atoms with van der Waals surface area (Å²) in [4.78, 5) is 15.2. The van der Waals surface area contributed by atoms with Gasteiger partial charge in [-0.1, -0.05) is 36.4 Å². The van der Waals surface area contributed by atoms with Crippen molar-refractivity contribution in [3.8, 4) is 0 Å². The average Bonchev–Trinajstić information content (AvgIpc) is 3.00. The highest BCUT2D eigenvalue weighted by molar-refractivity contribution is 7.10. The van der Waals surface area contributed by atoms with E-state index in [1.807, 2.05) is 54.8 Å². The molecule has 1 amide bonds. The van der Waals surface area contributed by atoms with Crippen LogP contribution in [0.15, 0.2) is 47.9 Å². The van der Waals surface area contributed by atoms with Gasteiger partial charge in [-0.05, 0) is 30.0 Å². The fourth-order valence-electron chi connectivity index (χ4n) is 2.37. The first kappa shape index (κ1) is 12.9. The van der Waals surface area contributed by atoms with Crippen molar-refractivity contribution in [2.24, 2.45) is 0 Å². The van der Waals surface area contributed by atoms with E-state index in [0.29, 0.717) is 6.61 Å². The van der Waals surface area contributed by atoms with Crippen LogP contribution in [0.5, 0.6) is 0 Å². The Hall–Kier alpha value is -2.07. The maximum absolute atomic E-state index is 12.3. The molecule has 0 spiro atoms. The topological polar surface area (TPSA) is 29.5 Å². The normalized spacial score (nSPS) is 16.9. The van der Waals surface area contributed by atoms with Gasteiger partial charge >= 0.3 is 6.09 Å². The number of anilines is 1. The van der Waals surface area contributed by atoms with E-state index < -0.39 is 0 Å². The highest BCUT2D eigenvalue weighted by atomic mass is 32.1. The number of thiophene rings is 1. The van der Waals surface area contributed by atoms with Gasteiger partial charge in [0.2, 0.25) is 0 Å². The van der Waals surface area contributed by atoms with E-state index in [0.717, 1.165) is 16.1 Å². The van der Waals surface area contributed by atoms with Crippen LogP contribution >= 0.6 is 11.3 Å². The molecule has 1 unspecified atom stereocenters. The Balaban J connectivity index is 2.06. The molecular weight excluding hydrogens is 270 g/mol. The molecule has 0 bridgehead atoms. The molecule has 2 aromatic rings. The summed E-state index contributed by atoms with van der Waals surface area (Å²) in [5.41, 5.74) is 1.93. The molecule has 0 aliphatic carbocycles. The lowest BCUT2D eigenvalue weighted by molar-refractivity contribution is 0.158. The molecule has 0 radical (unpaired) electrons. The molecule has 2 heterocycles. The SMILES string of the molecule is CCOC(=O)N1c2ccccc2C=CC1c1cccs1. The lowest BCUT2D eigenvalue weighted by Crippen LogP contribution is -2.36. The zero-order valence-corrected chi connectivity index (χ0v) is 12.0. The number of ether oxygens (including phenoxy) is 1. The van der Waals surface area contributed by atoms with Gasteiger partial charge in [0.1, 0.15) is 0 Å². The smallest absolute Gasteiger partial charge is 0.415 e. The van der Waals surface area contributed by atoms with E-state index in [9.17, 15) is 4.79 Å². The molecule has 1 atom stereocenters. The summed E-state index contributed by atoms with van der Waals surface area (Å²) >= 11 is 1.64. The standard InChI is InChI=1S/C16H15NO2S/c1-2-19-16(18)17-13-7-4-3-6-12(13)9-10-14(17)15-8-5-11-20-15/h3-11,14H,2H2,1H3. The molecule has 0 saturated heterocycles. The van der Waals surface area contributed by atoms with Crippen molar-refractivity contribution in [1.82, 2.24) is 0 Å². The molecule has 4 heteroatoms. The van der Waals surface area contributed by atoms with Gasteiger partial charge in [0.25, 0.3) is 0 Å². The zero-order valence-electron chi connectivity index (χ0n) is 11.2. The van der Waals surface area contributed by atoms with E-state index in [2.05, 4.69) is 6.08 Å². The molecule has 1 aromatic carbocycles. The fourth-order valence-corrected chi connectivity index (χ4v) is 3.16. The number of rotatable bonds is 2. The lowest BCUT2D eigenvalue weighted by atomic mass is 10.0. The minimum Gasteiger partial charge on any atom is -0.449 e. The monoisotopic (exact) mass is 285 g/mol. The van der Waals surface area contributed by atoms with E-state index in [-0.39, 0.29) is 12.1 Å². The van der Waals surface area contributed by atoms with Crippen molar-refractivity contribution in [3.05, 3.63) is 58.3 Å². The Morgan fingerprint density at radius 2 is 2.15 bits per heavy atom. The molecule has 1 aliphatic rings. The summed E-state index contributed by atoms with van der Waals surface area (Å²) in [6.45, 7) is 2.20. The quantitative estimate of drug-likeness (QED) is 0.814. The van der Waals surface area contributed by atoms with Crippen LogP contribution in [-0.4, -0.2) is 12.7 Å². The first-order valence-corrected chi connectivity index (χ1v) is 7.46. The second-order valence-corrected chi connectivity index (χ2v) is 5.43. The Morgan fingerprint density at radius 3 is 2.90 bits per heavy atom. The van der Waals surface area contributed by atoms with E-state index in [1.54, 1.807) is 16.2 Å². The highest BCUT2D eigenvalue weighted by Gasteiger charge is 2.30. The van der Waals surface area contributed by atoms with Gasteiger partial charge in [0.15, 0.2) is 0 Å².